The lowest BCUT2D eigenvalue weighted by atomic mass is 10.1. The molecule has 0 spiro atoms. The summed E-state index contributed by atoms with van der Waals surface area (Å²) in [5, 5.41) is 6.57. The van der Waals surface area contributed by atoms with Crippen LogP contribution in [0.2, 0.25) is 0 Å². The minimum atomic E-state index is -0.487. The molecular formula is C22H36N4O4. The molecule has 0 bridgehead atoms. The average Bonchev–Trinajstić information content (AvgIpc) is 3.53. The SMILES string of the molecule is CN=C(NCCc1ccc(OC)c(OC)c1)NCCN(C(=O)OC(C)(C)C)C1CC1. The van der Waals surface area contributed by atoms with Crippen molar-refractivity contribution in [1.82, 2.24) is 15.5 Å². The zero-order valence-electron chi connectivity index (χ0n) is 19.1. The van der Waals surface area contributed by atoms with Gasteiger partial charge in [-0.05, 0) is 57.7 Å². The van der Waals surface area contributed by atoms with Gasteiger partial charge in [0.05, 0.1) is 14.2 Å². The van der Waals surface area contributed by atoms with E-state index < -0.39 is 5.60 Å². The van der Waals surface area contributed by atoms with Gasteiger partial charge in [0.1, 0.15) is 5.60 Å². The van der Waals surface area contributed by atoms with Crippen molar-refractivity contribution in [3.8, 4) is 11.5 Å². The van der Waals surface area contributed by atoms with Crippen LogP contribution in [-0.2, 0) is 11.2 Å². The fourth-order valence-corrected chi connectivity index (χ4v) is 3.01. The Morgan fingerprint density at radius 2 is 1.80 bits per heavy atom. The highest BCUT2D eigenvalue weighted by atomic mass is 16.6. The Labute approximate surface area is 180 Å². The number of hydrogen-bond donors (Lipinski definition) is 2. The topological polar surface area (TPSA) is 84.4 Å². The summed E-state index contributed by atoms with van der Waals surface area (Å²) in [7, 11) is 4.99. The molecule has 30 heavy (non-hydrogen) atoms. The van der Waals surface area contributed by atoms with Gasteiger partial charge in [-0.3, -0.25) is 4.99 Å². The molecule has 0 radical (unpaired) electrons. The van der Waals surface area contributed by atoms with Crippen molar-refractivity contribution in [2.24, 2.45) is 4.99 Å². The van der Waals surface area contributed by atoms with E-state index in [1.807, 2.05) is 43.9 Å². The molecule has 1 amide bonds. The number of ether oxygens (including phenoxy) is 3. The molecule has 1 aliphatic rings. The number of methoxy groups -OCH3 is 2. The minimum Gasteiger partial charge on any atom is -0.493 e. The largest absolute Gasteiger partial charge is 0.493 e. The smallest absolute Gasteiger partial charge is 0.410 e. The van der Waals surface area contributed by atoms with Gasteiger partial charge in [-0.15, -0.1) is 0 Å². The van der Waals surface area contributed by atoms with Gasteiger partial charge >= 0.3 is 6.09 Å². The van der Waals surface area contributed by atoms with Crippen LogP contribution in [0.1, 0.15) is 39.2 Å². The van der Waals surface area contributed by atoms with Crippen molar-refractivity contribution in [2.45, 2.75) is 51.7 Å². The number of hydrogen-bond acceptors (Lipinski definition) is 5. The normalized spacial score (nSPS) is 14.1. The molecule has 2 rings (SSSR count). The molecule has 1 saturated carbocycles. The zero-order chi connectivity index (χ0) is 22.1. The Bertz CT molecular complexity index is 726. The molecule has 8 heteroatoms. The summed E-state index contributed by atoms with van der Waals surface area (Å²) >= 11 is 0. The molecule has 0 unspecified atom stereocenters. The summed E-state index contributed by atoms with van der Waals surface area (Å²) in [4.78, 5) is 18.5. The van der Waals surface area contributed by atoms with Crippen LogP contribution in [0, 0.1) is 0 Å². The number of carbonyl (C=O) groups excluding carboxylic acids is 1. The van der Waals surface area contributed by atoms with Crippen molar-refractivity contribution < 1.29 is 19.0 Å². The molecule has 168 valence electrons. The minimum absolute atomic E-state index is 0.247. The van der Waals surface area contributed by atoms with Gasteiger partial charge in [0, 0.05) is 32.7 Å². The standard InChI is InChI=1S/C22H36N4O4/c1-22(2,3)30-21(27)26(17-8-9-17)14-13-25-20(23-4)24-12-11-16-7-10-18(28-5)19(15-16)29-6/h7,10,15,17H,8-9,11-14H2,1-6H3,(H2,23,24,25). The van der Waals surface area contributed by atoms with E-state index in [1.54, 1.807) is 21.3 Å². The number of guanidine groups is 1. The van der Waals surface area contributed by atoms with Crippen molar-refractivity contribution in [1.29, 1.82) is 0 Å². The molecule has 0 heterocycles. The Morgan fingerprint density at radius 3 is 2.37 bits per heavy atom. The van der Waals surface area contributed by atoms with Crippen LogP contribution in [-0.4, -0.2) is 69.5 Å². The first-order chi connectivity index (χ1) is 14.3. The molecule has 1 fully saturated rings. The van der Waals surface area contributed by atoms with Gasteiger partial charge in [0.2, 0.25) is 0 Å². The first-order valence-electron chi connectivity index (χ1n) is 10.4. The summed E-state index contributed by atoms with van der Waals surface area (Å²) in [5.74, 6) is 2.15. The van der Waals surface area contributed by atoms with E-state index in [0.717, 1.165) is 36.3 Å². The van der Waals surface area contributed by atoms with Crippen LogP contribution >= 0.6 is 0 Å². The maximum Gasteiger partial charge on any atom is 0.410 e. The summed E-state index contributed by atoms with van der Waals surface area (Å²) in [5.41, 5.74) is 0.653. The molecule has 0 aliphatic heterocycles. The molecule has 1 aromatic carbocycles. The highest BCUT2D eigenvalue weighted by molar-refractivity contribution is 5.79. The molecule has 8 nitrogen and oxygen atoms in total. The zero-order valence-corrected chi connectivity index (χ0v) is 19.1. The van der Waals surface area contributed by atoms with Crippen LogP contribution in [0.5, 0.6) is 11.5 Å². The van der Waals surface area contributed by atoms with Crippen LogP contribution in [0.25, 0.3) is 0 Å². The Hall–Kier alpha value is -2.64. The maximum atomic E-state index is 12.4. The van der Waals surface area contributed by atoms with E-state index in [4.69, 9.17) is 14.2 Å². The van der Waals surface area contributed by atoms with Crippen LogP contribution in [0.15, 0.2) is 23.2 Å². The van der Waals surface area contributed by atoms with Gasteiger partial charge < -0.3 is 29.7 Å². The Balaban J connectivity index is 1.77. The fraction of sp³-hybridized carbons (Fsp3) is 0.636. The first kappa shape index (κ1) is 23.6. The summed E-state index contributed by atoms with van der Waals surface area (Å²) in [6.07, 6.45) is 2.64. The van der Waals surface area contributed by atoms with Gasteiger partial charge in [0.15, 0.2) is 17.5 Å². The summed E-state index contributed by atoms with van der Waals surface area (Å²) in [6.45, 7) is 7.56. The van der Waals surface area contributed by atoms with Crippen LogP contribution in [0.3, 0.4) is 0 Å². The molecule has 0 saturated heterocycles. The number of nitrogens with zero attached hydrogens (tertiary/aromatic N) is 2. The van der Waals surface area contributed by atoms with E-state index in [9.17, 15) is 4.79 Å². The van der Waals surface area contributed by atoms with Crippen LogP contribution in [0.4, 0.5) is 4.79 Å². The van der Waals surface area contributed by atoms with E-state index in [0.29, 0.717) is 31.6 Å². The number of benzene rings is 1. The second-order valence-electron chi connectivity index (χ2n) is 8.27. The number of amides is 1. The third-order valence-corrected chi connectivity index (χ3v) is 4.64. The highest BCUT2D eigenvalue weighted by Crippen LogP contribution is 2.28. The van der Waals surface area contributed by atoms with Crippen LogP contribution < -0.4 is 20.1 Å². The van der Waals surface area contributed by atoms with E-state index >= 15 is 0 Å². The molecule has 0 atom stereocenters. The van der Waals surface area contributed by atoms with E-state index in [1.165, 1.54) is 0 Å². The van der Waals surface area contributed by atoms with Crippen molar-refractivity contribution in [2.75, 3.05) is 40.9 Å². The predicted octanol–water partition coefficient (Wildman–Crippen LogP) is 2.81. The summed E-state index contributed by atoms with van der Waals surface area (Å²) in [6, 6.07) is 6.20. The third kappa shape index (κ3) is 7.65. The Morgan fingerprint density at radius 1 is 1.13 bits per heavy atom. The fourth-order valence-electron chi connectivity index (χ4n) is 3.01. The number of rotatable bonds is 9. The number of carbonyl (C=O) groups is 1. The third-order valence-electron chi connectivity index (χ3n) is 4.64. The molecular weight excluding hydrogens is 384 g/mol. The van der Waals surface area contributed by atoms with E-state index in [2.05, 4.69) is 15.6 Å². The molecule has 0 aromatic heterocycles. The predicted molar refractivity (Wildman–Crippen MR) is 119 cm³/mol. The van der Waals surface area contributed by atoms with Gasteiger partial charge in [0.25, 0.3) is 0 Å². The summed E-state index contributed by atoms with van der Waals surface area (Å²) < 4.78 is 16.2. The maximum absolute atomic E-state index is 12.4. The quantitative estimate of drug-likeness (QED) is 0.472. The second kappa shape index (κ2) is 10.9. The van der Waals surface area contributed by atoms with E-state index in [-0.39, 0.29) is 6.09 Å². The highest BCUT2D eigenvalue weighted by Gasteiger charge is 2.34. The first-order valence-corrected chi connectivity index (χ1v) is 10.4. The molecule has 1 aromatic rings. The average molecular weight is 421 g/mol. The lowest BCUT2D eigenvalue weighted by molar-refractivity contribution is 0.0238. The molecule has 2 N–H and O–H groups in total. The van der Waals surface area contributed by atoms with Gasteiger partial charge in [-0.1, -0.05) is 6.07 Å². The van der Waals surface area contributed by atoms with Crippen molar-refractivity contribution in [3.05, 3.63) is 23.8 Å². The lowest BCUT2D eigenvalue weighted by Crippen LogP contribution is -2.45. The Kier molecular flexibility index (Phi) is 8.62. The number of aliphatic imine (C=N–C) groups is 1. The van der Waals surface area contributed by atoms with Gasteiger partial charge in [-0.2, -0.15) is 0 Å². The van der Waals surface area contributed by atoms with Crippen molar-refractivity contribution >= 4 is 12.1 Å². The number of nitrogens with one attached hydrogen (secondary N) is 2. The lowest BCUT2D eigenvalue weighted by Gasteiger charge is -2.27. The van der Waals surface area contributed by atoms with Gasteiger partial charge in [-0.25, -0.2) is 4.79 Å². The monoisotopic (exact) mass is 420 g/mol. The van der Waals surface area contributed by atoms with Crippen molar-refractivity contribution in [3.63, 3.8) is 0 Å². The second-order valence-corrected chi connectivity index (χ2v) is 8.27. The molecule has 1 aliphatic carbocycles.